The molecule has 3 rings (SSSR count). The minimum atomic E-state index is -0.708. The summed E-state index contributed by atoms with van der Waals surface area (Å²) in [5.74, 6) is 0.621. The normalized spacial score (nSPS) is 16.8. The standard InChI is InChI=1S/C17H17N3O4/c1-20-14-8-12(2-3-16(14)24-9-13(18)17(20)22)23-10-15(21)11-4-6-19-7-5-11/h2-8,13H,9-10,18H2,1H3/t13-/m0/s1. The molecule has 1 amide bonds. The Hall–Kier alpha value is -2.93. The quantitative estimate of drug-likeness (QED) is 0.843. The first-order valence-electron chi connectivity index (χ1n) is 7.42. The largest absolute Gasteiger partial charge is 0.489 e. The number of aromatic nitrogens is 1. The second-order valence-corrected chi connectivity index (χ2v) is 5.39. The summed E-state index contributed by atoms with van der Waals surface area (Å²) >= 11 is 0. The van der Waals surface area contributed by atoms with Crippen LogP contribution in [0.1, 0.15) is 10.4 Å². The van der Waals surface area contributed by atoms with Crippen molar-refractivity contribution in [2.24, 2.45) is 5.73 Å². The maximum Gasteiger partial charge on any atom is 0.247 e. The molecule has 0 bridgehead atoms. The molecule has 124 valence electrons. The number of hydrogen-bond acceptors (Lipinski definition) is 6. The number of nitrogens with zero attached hydrogens (tertiary/aromatic N) is 2. The third-order valence-electron chi connectivity index (χ3n) is 3.73. The van der Waals surface area contributed by atoms with E-state index in [0.29, 0.717) is 22.7 Å². The van der Waals surface area contributed by atoms with Gasteiger partial charge in [-0.05, 0) is 24.3 Å². The van der Waals surface area contributed by atoms with E-state index in [-0.39, 0.29) is 24.9 Å². The number of rotatable bonds is 4. The lowest BCUT2D eigenvalue weighted by molar-refractivity contribution is -0.119. The van der Waals surface area contributed by atoms with Gasteiger partial charge in [0.05, 0.1) is 5.69 Å². The highest BCUT2D eigenvalue weighted by molar-refractivity contribution is 5.99. The minimum Gasteiger partial charge on any atom is -0.489 e. The summed E-state index contributed by atoms with van der Waals surface area (Å²) < 4.78 is 11.1. The zero-order valence-corrected chi connectivity index (χ0v) is 13.1. The van der Waals surface area contributed by atoms with Crippen molar-refractivity contribution in [2.75, 3.05) is 25.2 Å². The smallest absolute Gasteiger partial charge is 0.247 e. The number of hydrogen-bond donors (Lipinski definition) is 1. The zero-order valence-electron chi connectivity index (χ0n) is 13.1. The van der Waals surface area contributed by atoms with Crippen LogP contribution in [0.2, 0.25) is 0 Å². The lowest BCUT2D eigenvalue weighted by Crippen LogP contribution is -2.43. The fraction of sp³-hybridized carbons (Fsp3) is 0.235. The van der Waals surface area contributed by atoms with Crippen molar-refractivity contribution in [3.8, 4) is 11.5 Å². The lowest BCUT2D eigenvalue weighted by Gasteiger charge is -2.18. The van der Waals surface area contributed by atoms with Crippen LogP contribution in [-0.2, 0) is 4.79 Å². The Kier molecular flexibility index (Phi) is 4.43. The number of pyridine rings is 1. The van der Waals surface area contributed by atoms with Crippen molar-refractivity contribution in [1.29, 1.82) is 0 Å². The monoisotopic (exact) mass is 327 g/mol. The molecule has 2 heterocycles. The summed E-state index contributed by atoms with van der Waals surface area (Å²) in [6.07, 6.45) is 3.10. The van der Waals surface area contributed by atoms with Crippen LogP contribution in [0.3, 0.4) is 0 Å². The first kappa shape index (κ1) is 15.9. The molecule has 2 aromatic rings. The number of fused-ring (bicyclic) bond motifs is 1. The van der Waals surface area contributed by atoms with E-state index in [2.05, 4.69) is 4.98 Å². The van der Waals surface area contributed by atoms with E-state index < -0.39 is 6.04 Å². The third kappa shape index (κ3) is 3.21. The molecule has 0 saturated carbocycles. The summed E-state index contributed by atoms with van der Waals surface area (Å²) in [6, 6.07) is 7.59. The Morgan fingerprint density at radius 1 is 1.38 bits per heavy atom. The van der Waals surface area contributed by atoms with Gasteiger partial charge in [0.25, 0.3) is 0 Å². The van der Waals surface area contributed by atoms with Crippen LogP contribution in [0.25, 0.3) is 0 Å². The summed E-state index contributed by atoms with van der Waals surface area (Å²) in [7, 11) is 1.63. The molecule has 0 unspecified atom stereocenters. The van der Waals surface area contributed by atoms with Crippen LogP contribution in [-0.4, -0.2) is 43.0 Å². The maximum atomic E-state index is 12.1. The van der Waals surface area contributed by atoms with E-state index in [1.165, 1.54) is 4.90 Å². The zero-order chi connectivity index (χ0) is 17.1. The van der Waals surface area contributed by atoms with Gasteiger partial charge >= 0.3 is 0 Å². The molecular formula is C17H17N3O4. The van der Waals surface area contributed by atoms with Gasteiger partial charge in [0, 0.05) is 31.1 Å². The minimum absolute atomic E-state index is 0.110. The van der Waals surface area contributed by atoms with Crippen LogP contribution < -0.4 is 20.1 Å². The highest BCUT2D eigenvalue weighted by atomic mass is 16.5. The van der Waals surface area contributed by atoms with E-state index in [1.54, 1.807) is 49.8 Å². The van der Waals surface area contributed by atoms with E-state index >= 15 is 0 Å². The van der Waals surface area contributed by atoms with Crippen LogP contribution in [0.15, 0.2) is 42.7 Å². The second-order valence-electron chi connectivity index (χ2n) is 5.39. The molecular weight excluding hydrogens is 310 g/mol. The fourth-order valence-electron chi connectivity index (χ4n) is 2.36. The first-order valence-corrected chi connectivity index (χ1v) is 7.42. The van der Waals surface area contributed by atoms with Gasteiger partial charge in [0.2, 0.25) is 5.91 Å². The average molecular weight is 327 g/mol. The highest BCUT2D eigenvalue weighted by Crippen LogP contribution is 2.34. The molecule has 7 nitrogen and oxygen atoms in total. The molecule has 0 spiro atoms. The number of ether oxygens (including phenoxy) is 2. The van der Waals surface area contributed by atoms with Crippen LogP contribution in [0.5, 0.6) is 11.5 Å². The average Bonchev–Trinajstić information content (AvgIpc) is 2.73. The first-order chi connectivity index (χ1) is 11.6. The van der Waals surface area contributed by atoms with Crippen LogP contribution in [0, 0.1) is 0 Å². The Bertz CT molecular complexity index is 764. The number of ketones is 1. The molecule has 1 aliphatic rings. The molecule has 0 aliphatic carbocycles. The predicted octanol–water partition coefficient (Wildman–Crippen LogP) is 1.03. The van der Waals surface area contributed by atoms with E-state index in [1.807, 2.05) is 0 Å². The van der Waals surface area contributed by atoms with Crippen molar-refractivity contribution in [1.82, 2.24) is 4.98 Å². The molecule has 24 heavy (non-hydrogen) atoms. The predicted molar refractivity (Wildman–Crippen MR) is 87.4 cm³/mol. The van der Waals surface area contributed by atoms with E-state index in [4.69, 9.17) is 15.2 Å². The van der Waals surface area contributed by atoms with Gasteiger partial charge in [-0.25, -0.2) is 0 Å². The number of amides is 1. The Balaban J connectivity index is 1.75. The third-order valence-corrected chi connectivity index (χ3v) is 3.73. The summed E-state index contributed by atoms with van der Waals surface area (Å²) in [5, 5.41) is 0. The van der Waals surface area contributed by atoms with Crippen molar-refractivity contribution in [2.45, 2.75) is 6.04 Å². The number of nitrogens with two attached hydrogens (primary N) is 1. The topological polar surface area (TPSA) is 94.8 Å². The Morgan fingerprint density at radius 3 is 2.88 bits per heavy atom. The summed E-state index contributed by atoms with van der Waals surface area (Å²) in [4.78, 5) is 29.5. The van der Waals surface area contributed by atoms with Crippen molar-refractivity contribution < 1.29 is 19.1 Å². The molecule has 0 saturated heterocycles. The van der Waals surface area contributed by atoms with Gasteiger partial charge in [-0.3, -0.25) is 14.6 Å². The van der Waals surface area contributed by atoms with Crippen molar-refractivity contribution in [3.63, 3.8) is 0 Å². The maximum absolute atomic E-state index is 12.1. The molecule has 1 atom stereocenters. The van der Waals surface area contributed by atoms with Gasteiger partial charge in [0.15, 0.2) is 12.4 Å². The molecule has 0 radical (unpaired) electrons. The Labute approximate surface area is 139 Å². The number of benzene rings is 1. The molecule has 1 aromatic carbocycles. The molecule has 1 aliphatic heterocycles. The number of carbonyl (C=O) groups excluding carboxylic acids is 2. The Morgan fingerprint density at radius 2 is 2.12 bits per heavy atom. The fourth-order valence-corrected chi connectivity index (χ4v) is 2.36. The van der Waals surface area contributed by atoms with Gasteiger partial charge in [0.1, 0.15) is 24.1 Å². The van der Waals surface area contributed by atoms with Gasteiger partial charge in [-0.15, -0.1) is 0 Å². The van der Waals surface area contributed by atoms with Crippen molar-refractivity contribution in [3.05, 3.63) is 48.3 Å². The summed E-state index contributed by atoms with van der Waals surface area (Å²) in [5.41, 5.74) is 6.84. The number of Topliss-reactive ketones (excluding diaryl/α,β-unsaturated/α-hetero) is 1. The number of carbonyl (C=O) groups is 2. The molecule has 7 heteroatoms. The lowest BCUT2D eigenvalue weighted by atomic mass is 10.2. The van der Waals surface area contributed by atoms with E-state index in [9.17, 15) is 9.59 Å². The number of likely N-dealkylation sites (N-methyl/N-ethyl adjacent to an activating group) is 1. The number of anilines is 1. The highest BCUT2D eigenvalue weighted by Gasteiger charge is 2.26. The molecule has 2 N–H and O–H groups in total. The van der Waals surface area contributed by atoms with Crippen LogP contribution in [0.4, 0.5) is 5.69 Å². The van der Waals surface area contributed by atoms with Gasteiger partial charge in [-0.1, -0.05) is 0 Å². The SMILES string of the molecule is CN1C(=O)[C@@H](N)COc2ccc(OCC(=O)c3ccncc3)cc21. The van der Waals surface area contributed by atoms with Crippen molar-refractivity contribution >= 4 is 17.4 Å². The van der Waals surface area contributed by atoms with Gasteiger partial charge in [-0.2, -0.15) is 0 Å². The summed E-state index contributed by atoms with van der Waals surface area (Å²) in [6.45, 7) is 0.0116. The van der Waals surface area contributed by atoms with E-state index in [0.717, 1.165) is 0 Å². The van der Waals surface area contributed by atoms with Crippen LogP contribution >= 0.6 is 0 Å². The van der Waals surface area contributed by atoms with Gasteiger partial charge < -0.3 is 20.1 Å². The second kappa shape index (κ2) is 6.67. The molecule has 0 fully saturated rings. The molecule has 1 aromatic heterocycles.